The Hall–Kier alpha value is -3.11. The van der Waals surface area contributed by atoms with Crippen molar-refractivity contribution in [2.45, 2.75) is 55.6 Å². The predicted octanol–water partition coefficient (Wildman–Crippen LogP) is 2.37. The SMILES string of the molecule is CS(=O)(=O)c1ccc(CN2CCC(c3cc4c(cc3F)C(=O)N(C3CCC(=O)NC3=O)C4)CC2)cc1. The summed E-state index contributed by atoms with van der Waals surface area (Å²) in [7, 11) is -3.22. The molecule has 190 valence electrons. The van der Waals surface area contributed by atoms with Crippen LogP contribution >= 0.6 is 0 Å². The molecule has 0 saturated carbocycles. The number of nitrogens with one attached hydrogen (secondary N) is 1. The Balaban J connectivity index is 1.24. The third-order valence-corrected chi connectivity index (χ3v) is 8.55. The van der Waals surface area contributed by atoms with Crippen molar-refractivity contribution < 1.29 is 27.2 Å². The van der Waals surface area contributed by atoms with Gasteiger partial charge in [0.1, 0.15) is 11.9 Å². The third-order valence-electron chi connectivity index (χ3n) is 7.43. The molecule has 2 aromatic carbocycles. The fourth-order valence-corrected chi connectivity index (χ4v) is 6.05. The minimum atomic E-state index is -3.22. The summed E-state index contributed by atoms with van der Waals surface area (Å²) in [4.78, 5) is 40.6. The molecule has 3 amide bonds. The molecule has 1 N–H and O–H groups in total. The fourth-order valence-electron chi connectivity index (χ4n) is 5.42. The minimum Gasteiger partial charge on any atom is -0.322 e. The monoisotopic (exact) mass is 513 g/mol. The second-order valence-electron chi connectivity index (χ2n) is 9.90. The maximum absolute atomic E-state index is 15.1. The lowest BCUT2D eigenvalue weighted by Gasteiger charge is -2.32. The molecule has 1 unspecified atom stereocenters. The Bertz CT molecular complexity index is 1330. The van der Waals surface area contributed by atoms with E-state index in [0.29, 0.717) is 17.0 Å². The number of carbonyl (C=O) groups is 3. The highest BCUT2D eigenvalue weighted by Gasteiger charge is 2.40. The van der Waals surface area contributed by atoms with Gasteiger partial charge in [-0.05, 0) is 73.2 Å². The van der Waals surface area contributed by atoms with Crippen LogP contribution in [0.1, 0.15) is 58.6 Å². The largest absolute Gasteiger partial charge is 0.322 e. The molecular weight excluding hydrogens is 485 g/mol. The van der Waals surface area contributed by atoms with Gasteiger partial charge in [-0.15, -0.1) is 0 Å². The third kappa shape index (κ3) is 4.79. The highest BCUT2D eigenvalue weighted by atomic mass is 32.2. The number of sulfone groups is 1. The molecule has 3 aliphatic rings. The Kier molecular flexibility index (Phi) is 6.42. The molecule has 0 aromatic heterocycles. The first-order valence-corrected chi connectivity index (χ1v) is 14.0. The number of piperidine rings is 2. The van der Waals surface area contributed by atoms with E-state index in [-0.39, 0.29) is 42.7 Å². The number of halogens is 1. The number of imide groups is 1. The first-order chi connectivity index (χ1) is 17.1. The van der Waals surface area contributed by atoms with Crippen LogP contribution in [-0.2, 0) is 32.5 Å². The second kappa shape index (κ2) is 9.40. The summed E-state index contributed by atoms with van der Waals surface area (Å²) in [5, 5.41) is 2.28. The van der Waals surface area contributed by atoms with E-state index >= 15 is 4.39 Å². The Morgan fingerprint density at radius 3 is 2.36 bits per heavy atom. The first-order valence-electron chi connectivity index (χ1n) is 12.1. The number of benzene rings is 2. The number of amides is 3. The normalized spacial score (nSPS) is 21.6. The van der Waals surface area contributed by atoms with Gasteiger partial charge in [-0.1, -0.05) is 18.2 Å². The van der Waals surface area contributed by atoms with Gasteiger partial charge in [-0.2, -0.15) is 0 Å². The van der Waals surface area contributed by atoms with Gasteiger partial charge in [0.2, 0.25) is 11.8 Å². The van der Waals surface area contributed by atoms with Crippen molar-refractivity contribution in [2.24, 2.45) is 0 Å². The molecule has 1 atom stereocenters. The van der Waals surface area contributed by atoms with Crippen LogP contribution in [0, 0.1) is 5.82 Å². The lowest BCUT2D eigenvalue weighted by molar-refractivity contribution is -0.136. The molecule has 3 heterocycles. The summed E-state index contributed by atoms with van der Waals surface area (Å²) < 4.78 is 38.4. The summed E-state index contributed by atoms with van der Waals surface area (Å²) in [6, 6.07) is 9.26. The van der Waals surface area contributed by atoms with E-state index in [9.17, 15) is 22.8 Å². The minimum absolute atomic E-state index is 0.0268. The summed E-state index contributed by atoms with van der Waals surface area (Å²) in [6.07, 6.45) is 3.17. The molecule has 0 radical (unpaired) electrons. The Morgan fingerprint density at radius 1 is 1.03 bits per heavy atom. The van der Waals surface area contributed by atoms with Crippen LogP contribution in [0.2, 0.25) is 0 Å². The van der Waals surface area contributed by atoms with Gasteiger partial charge < -0.3 is 4.90 Å². The molecular formula is C26H28FN3O5S. The molecule has 36 heavy (non-hydrogen) atoms. The van der Waals surface area contributed by atoms with Crippen molar-refractivity contribution in [1.82, 2.24) is 15.1 Å². The summed E-state index contributed by atoms with van der Waals surface area (Å²) in [5.41, 5.74) is 2.63. The highest BCUT2D eigenvalue weighted by molar-refractivity contribution is 7.90. The number of hydrogen-bond acceptors (Lipinski definition) is 6. The van der Waals surface area contributed by atoms with E-state index in [2.05, 4.69) is 10.2 Å². The van der Waals surface area contributed by atoms with Crippen molar-refractivity contribution in [1.29, 1.82) is 0 Å². The molecule has 5 rings (SSSR count). The average molecular weight is 514 g/mol. The maximum Gasteiger partial charge on any atom is 0.255 e. The maximum atomic E-state index is 15.1. The molecule has 3 aliphatic heterocycles. The first kappa shape index (κ1) is 24.6. The van der Waals surface area contributed by atoms with E-state index in [1.165, 1.54) is 17.2 Å². The van der Waals surface area contributed by atoms with Crippen molar-refractivity contribution in [2.75, 3.05) is 19.3 Å². The molecule has 2 saturated heterocycles. The van der Waals surface area contributed by atoms with Crippen molar-refractivity contribution in [3.05, 3.63) is 64.5 Å². The Labute approximate surface area is 209 Å². The van der Waals surface area contributed by atoms with E-state index in [0.717, 1.165) is 37.1 Å². The number of likely N-dealkylation sites (tertiary alicyclic amines) is 1. The molecule has 0 spiro atoms. The van der Waals surface area contributed by atoms with E-state index in [4.69, 9.17) is 0 Å². The summed E-state index contributed by atoms with van der Waals surface area (Å²) >= 11 is 0. The predicted molar refractivity (Wildman–Crippen MR) is 129 cm³/mol. The van der Waals surface area contributed by atoms with Crippen LogP contribution in [0.15, 0.2) is 41.3 Å². The van der Waals surface area contributed by atoms with Gasteiger partial charge in [0.05, 0.1) is 4.90 Å². The molecule has 2 fully saturated rings. The molecule has 8 nitrogen and oxygen atoms in total. The van der Waals surface area contributed by atoms with Gasteiger partial charge in [0.15, 0.2) is 9.84 Å². The second-order valence-corrected chi connectivity index (χ2v) is 11.9. The number of hydrogen-bond donors (Lipinski definition) is 1. The van der Waals surface area contributed by atoms with E-state index in [1.807, 2.05) is 12.1 Å². The van der Waals surface area contributed by atoms with Gasteiger partial charge in [0, 0.05) is 31.3 Å². The lowest BCUT2D eigenvalue weighted by Crippen LogP contribution is -2.52. The smallest absolute Gasteiger partial charge is 0.255 e. The van der Waals surface area contributed by atoms with Gasteiger partial charge in [-0.25, -0.2) is 12.8 Å². The topological polar surface area (TPSA) is 104 Å². The lowest BCUT2D eigenvalue weighted by atomic mass is 9.87. The number of rotatable bonds is 5. The summed E-state index contributed by atoms with van der Waals surface area (Å²) in [6.45, 7) is 2.47. The van der Waals surface area contributed by atoms with Crippen LogP contribution < -0.4 is 5.32 Å². The van der Waals surface area contributed by atoms with Crippen LogP contribution in [0.3, 0.4) is 0 Å². The van der Waals surface area contributed by atoms with E-state index in [1.54, 1.807) is 18.2 Å². The zero-order valence-electron chi connectivity index (χ0n) is 20.0. The van der Waals surface area contributed by atoms with Crippen LogP contribution in [0.5, 0.6) is 0 Å². The molecule has 0 aliphatic carbocycles. The van der Waals surface area contributed by atoms with Crippen molar-refractivity contribution in [3.63, 3.8) is 0 Å². The average Bonchev–Trinajstić information content (AvgIpc) is 3.14. The molecule has 0 bridgehead atoms. The van der Waals surface area contributed by atoms with Crippen molar-refractivity contribution >= 4 is 27.6 Å². The quantitative estimate of drug-likeness (QED) is 0.616. The number of carbonyl (C=O) groups excluding carboxylic acids is 3. The zero-order valence-corrected chi connectivity index (χ0v) is 20.8. The van der Waals surface area contributed by atoms with Crippen LogP contribution in [0.4, 0.5) is 4.39 Å². The number of nitrogens with zero attached hydrogens (tertiary/aromatic N) is 2. The van der Waals surface area contributed by atoms with Gasteiger partial charge >= 0.3 is 0 Å². The van der Waals surface area contributed by atoms with Gasteiger partial charge in [0.25, 0.3) is 5.91 Å². The zero-order chi connectivity index (χ0) is 25.6. The fraction of sp³-hybridized carbons (Fsp3) is 0.423. The van der Waals surface area contributed by atoms with Crippen molar-refractivity contribution in [3.8, 4) is 0 Å². The number of fused-ring (bicyclic) bond motifs is 1. The molecule has 2 aromatic rings. The van der Waals surface area contributed by atoms with Crippen LogP contribution in [0.25, 0.3) is 0 Å². The molecule has 10 heteroatoms. The van der Waals surface area contributed by atoms with Crippen LogP contribution in [-0.4, -0.2) is 61.3 Å². The van der Waals surface area contributed by atoms with E-state index < -0.39 is 27.6 Å². The Morgan fingerprint density at radius 2 is 1.72 bits per heavy atom. The summed E-state index contributed by atoms with van der Waals surface area (Å²) in [5.74, 6) is -1.57. The van der Waals surface area contributed by atoms with Gasteiger partial charge in [-0.3, -0.25) is 24.6 Å². The standard InChI is InChI=1S/C26H28FN3O5S/c1-36(34,35)19-4-2-16(3-5-19)14-29-10-8-17(9-11-29)20-12-18-15-30(26(33)21(18)13-22(20)27)23-6-7-24(31)28-25(23)32/h2-5,12-13,17,23H,6-11,14-15H2,1H3,(H,28,31,32). The highest BCUT2D eigenvalue weighted by Crippen LogP contribution is 2.35.